The van der Waals surface area contributed by atoms with Crippen LogP contribution in [0.2, 0.25) is 0 Å². The van der Waals surface area contributed by atoms with Crippen LogP contribution in [0, 0.1) is 0 Å². The summed E-state index contributed by atoms with van der Waals surface area (Å²) in [6, 6.07) is 5.39. The van der Waals surface area contributed by atoms with Gasteiger partial charge in [0.25, 0.3) is 0 Å². The molecule has 124 valence electrons. The summed E-state index contributed by atoms with van der Waals surface area (Å²) in [5.74, 6) is 0.289. The third-order valence-electron chi connectivity index (χ3n) is 2.35. The van der Waals surface area contributed by atoms with Gasteiger partial charge in [0.15, 0.2) is 0 Å². The summed E-state index contributed by atoms with van der Waals surface area (Å²) in [4.78, 5) is 9.47. The summed E-state index contributed by atoms with van der Waals surface area (Å²) in [7, 11) is 0. The normalized spacial score (nSPS) is 11.4. The Morgan fingerprint density at radius 1 is 1.32 bits per heavy atom. The number of rotatable bonds is 8. The number of amides is 1. The number of benzene rings is 1. The van der Waals surface area contributed by atoms with Crippen LogP contribution in [-0.4, -0.2) is 29.5 Å². The molecule has 0 atom stereocenters. The number of hydrogen-bond donors (Lipinski definition) is 1. The first-order chi connectivity index (χ1) is 10.3. The lowest BCUT2D eigenvalue weighted by atomic mass is 10.3. The van der Waals surface area contributed by atoms with Crippen LogP contribution in [0.4, 0.5) is 19.3 Å². The maximum Gasteiger partial charge on any atom is 0.428 e. The van der Waals surface area contributed by atoms with Crippen LogP contribution in [-0.2, 0) is 4.74 Å². The van der Waals surface area contributed by atoms with Crippen LogP contribution in [0.15, 0.2) is 24.3 Å². The van der Waals surface area contributed by atoms with Crippen LogP contribution < -0.4 is 10.1 Å². The monoisotopic (exact) mass is 375 g/mol. The van der Waals surface area contributed by atoms with Gasteiger partial charge in [-0.3, -0.25) is 5.32 Å². The SMILES string of the molecule is O=C(Nc1cccc(OC(F)(F)C(Cl)Cl)c1)OCCCCCl. The van der Waals surface area contributed by atoms with Crippen molar-refractivity contribution < 1.29 is 23.0 Å². The van der Waals surface area contributed by atoms with Gasteiger partial charge in [0.2, 0.25) is 4.84 Å². The first kappa shape index (κ1) is 19.1. The van der Waals surface area contributed by atoms with Gasteiger partial charge in [-0.2, -0.15) is 8.78 Å². The third-order valence-corrected chi connectivity index (χ3v) is 3.12. The van der Waals surface area contributed by atoms with E-state index in [9.17, 15) is 13.6 Å². The number of halogens is 5. The zero-order chi connectivity index (χ0) is 16.6. The maximum atomic E-state index is 13.3. The summed E-state index contributed by atoms with van der Waals surface area (Å²) in [5.41, 5.74) is 0.233. The van der Waals surface area contributed by atoms with Crippen LogP contribution in [0.3, 0.4) is 0 Å². The molecule has 0 aliphatic heterocycles. The van der Waals surface area contributed by atoms with Gasteiger partial charge in [0.1, 0.15) is 5.75 Å². The summed E-state index contributed by atoms with van der Waals surface area (Å²) in [6.07, 6.45) is -3.08. The number of carbonyl (C=O) groups excluding carboxylic acids is 1. The Labute approximate surface area is 141 Å². The number of anilines is 1. The third kappa shape index (κ3) is 6.85. The van der Waals surface area contributed by atoms with E-state index in [1.54, 1.807) is 0 Å². The average molecular weight is 377 g/mol. The van der Waals surface area contributed by atoms with Crippen molar-refractivity contribution in [2.45, 2.75) is 23.8 Å². The van der Waals surface area contributed by atoms with Crippen molar-refractivity contribution in [3.8, 4) is 5.75 Å². The molecule has 1 aromatic rings. The van der Waals surface area contributed by atoms with E-state index in [-0.39, 0.29) is 18.0 Å². The van der Waals surface area contributed by atoms with Crippen molar-refractivity contribution in [2.24, 2.45) is 0 Å². The fourth-order valence-electron chi connectivity index (χ4n) is 1.35. The van der Waals surface area contributed by atoms with Crippen molar-refractivity contribution in [3.63, 3.8) is 0 Å². The summed E-state index contributed by atoms with van der Waals surface area (Å²) < 4.78 is 35.8. The number of unbranched alkanes of at least 4 members (excludes halogenated alkanes) is 1. The first-order valence-corrected chi connectivity index (χ1v) is 7.70. The summed E-state index contributed by atoms with van der Waals surface area (Å²) in [5, 5.41) is 2.39. The lowest BCUT2D eigenvalue weighted by molar-refractivity contribution is -0.163. The first-order valence-electron chi connectivity index (χ1n) is 6.30. The van der Waals surface area contributed by atoms with Gasteiger partial charge in [0.05, 0.1) is 6.61 Å². The molecule has 22 heavy (non-hydrogen) atoms. The molecule has 0 saturated carbocycles. The highest BCUT2D eigenvalue weighted by molar-refractivity contribution is 6.44. The highest BCUT2D eigenvalue weighted by atomic mass is 35.5. The predicted molar refractivity (Wildman–Crippen MR) is 82.4 cm³/mol. The van der Waals surface area contributed by atoms with Crippen molar-refractivity contribution >= 4 is 46.6 Å². The highest BCUT2D eigenvalue weighted by Crippen LogP contribution is 2.31. The van der Waals surface area contributed by atoms with Gasteiger partial charge in [-0.15, -0.1) is 11.6 Å². The van der Waals surface area contributed by atoms with Crippen LogP contribution in [0.1, 0.15) is 12.8 Å². The molecular formula is C13H14Cl3F2NO3. The molecule has 0 fully saturated rings. The minimum atomic E-state index is -3.75. The topological polar surface area (TPSA) is 47.6 Å². The van der Waals surface area contributed by atoms with Crippen LogP contribution in [0.25, 0.3) is 0 Å². The van der Waals surface area contributed by atoms with E-state index < -0.39 is 17.0 Å². The second-order valence-corrected chi connectivity index (χ2v) is 5.62. The fourth-order valence-corrected chi connectivity index (χ4v) is 1.63. The zero-order valence-electron chi connectivity index (χ0n) is 11.3. The molecule has 0 aliphatic rings. The highest BCUT2D eigenvalue weighted by Gasteiger charge is 2.40. The van der Waals surface area contributed by atoms with Gasteiger partial charge in [0, 0.05) is 17.6 Å². The van der Waals surface area contributed by atoms with E-state index in [4.69, 9.17) is 39.5 Å². The van der Waals surface area contributed by atoms with E-state index in [0.717, 1.165) is 6.42 Å². The van der Waals surface area contributed by atoms with Crippen LogP contribution in [0.5, 0.6) is 5.75 Å². The molecule has 0 radical (unpaired) electrons. The second-order valence-electron chi connectivity index (χ2n) is 4.15. The molecule has 9 heteroatoms. The molecule has 1 rings (SSSR count). The minimum Gasteiger partial charge on any atom is -0.449 e. The number of nitrogens with one attached hydrogen (secondary N) is 1. The van der Waals surface area contributed by atoms with Crippen molar-refractivity contribution in [1.82, 2.24) is 0 Å². The minimum absolute atomic E-state index is 0.198. The Hall–Kier alpha value is -0.980. The average Bonchev–Trinajstić information content (AvgIpc) is 2.43. The molecule has 0 bridgehead atoms. The molecule has 1 aromatic carbocycles. The lowest BCUT2D eigenvalue weighted by Crippen LogP contribution is -2.32. The molecule has 0 spiro atoms. The number of alkyl halides is 5. The largest absolute Gasteiger partial charge is 0.449 e. The lowest BCUT2D eigenvalue weighted by Gasteiger charge is -2.19. The van der Waals surface area contributed by atoms with Gasteiger partial charge in [-0.1, -0.05) is 29.3 Å². The quantitative estimate of drug-likeness (QED) is 0.511. The summed E-state index contributed by atoms with van der Waals surface area (Å²) >= 11 is 15.7. The van der Waals surface area contributed by atoms with Gasteiger partial charge in [-0.25, -0.2) is 4.79 Å². The van der Waals surface area contributed by atoms with E-state index in [1.165, 1.54) is 24.3 Å². The standard InChI is InChI=1S/C13H14Cl3F2NO3/c14-6-1-2-7-21-12(20)19-9-4-3-5-10(8-9)22-13(17,18)11(15)16/h3-5,8,11H,1-2,6-7H2,(H,19,20). The Balaban J connectivity index is 2.55. The number of ether oxygens (including phenoxy) is 2. The van der Waals surface area contributed by atoms with Gasteiger partial charge in [-0.05, 0) is 25.0 Å². The van der Waals surface area contributed by atoms with Crippen molar-refractivity contribution in [3.05, 3.63) is 24.3 Å². The second kappa shape index (κ2) is 9.22. The fraction of sp³-hybridized carbons (Fsp3) is 0.462. The molecule has 1 N–H and O–H groups in total. The molecule has 4 nitrogen and oxygen atoms in total. The maximum absolute atomic E-state index is 13.3. The number of carbonyl (C=O) groups is 1. The van der Waals surface area contributed by atoms with E-state index in [1.807, 2.05) is 0 Å². The predicted octanol–water partition coefficient (Wildman–Crippen LogP) is 5.03. The Morgan fingerprint density at radius 3 is 2.68 bits per heavy atom. The molecule has 0 heterocycles. The van der Waals surface area contributed by atoms with Crippen molar-refractivity contribution in [1.29, 1.82) is 0 Å². The summed E-state index contributed by atoms with van der Waals surface area (Å²) in [6.45, 7) is 0.215. The van der Waals surface area contributed by atoms with Crippen LogP contribution >= 0.6 is 34.8 Å². The Bertz CT molecular complexity index is 489. The van der Waals surface area contributed by atoms with Gasteiger partial charge >= 0.3 is 12.2 Å². The molecule has 0 saturated heterocycles. The molecule has 1 amide bonds. The molecule has 0 aromatic heterocycles. The van der Waals surface area contributed by atoms with Gasteiger partial charge < -0.3 is 9.47 Å². The zero-order valence-corrected chi connectivity index (χ0v) is 13.6. The number of hydrogen-bond acceptors (Lipinski definition) is 3. The van der Waals surface area contributed by atoms with E-state index in [2.05, 4.69) is 10.1 Å². The Morgan fingerprint density at radius 2 is 2.05 bits per heavy atom. The molecule has 0 aliphatic carbocycles. The molecular weight excluding hydrogens is 363 g/mol. The Kier molecular flexibility index (Phi) is 8.00. The smallest absolute Gasteiger partial charge is 0.428 e. The molecule has 0 unspecified atom stereocenters. The van der Waals surface area contributed by atoms with E-state index >= 15 is 0 Å². The van der Waals surface area contributed by atoms with Crippen molar-refractivity contribution in [2.75, 3.05) is 17.8 Å². The van der Waals surface area contributed by atoms with E-state index in [0.29, 0.717) is 12.3 Å².